The molecule has 1 atom stereocenters. The number of aryl methyl sites for hydroxylation is 1. The Hall–Kier alpha value is -1.68. The van der Waals surface area contributed by atoms with Gasteiger partial charge in [-0.05, 0) is 37.9 Å². The van der Waals surface area contributed by atoms with Crippen molar-refractivity contribution >= 4 is 16.9 Å². The molecule has 0 amide bonds. The number of anilines is 1. The van der Waals surface area contributed by atoms with Gasteiger partial charge in [0, 0.05) is 13.1 Å². The molecule has 0 spiro atoms. The maximum absolute atomic E-state index is 5.74. The first kappa shape index (κ1) is 11.4. The molecule has 0 aliphatic carbocycles. The fourth-order valence-electron chi connectivity index (χ4n) is 2.60. The molecule has 18 heavy (non-hydrogen) atoms. The Bertz CT molecular complexity index is 567. The first-order valence-electron chi connectivity index (χ1n) is 6.46. The Balaban J connectivity index is 1.99. The molecule has 1 aliphatic rings. The summed E-state index contributed by atoms with van der Waals surface area (Å²) in [5, 5.41) is 0. The maximum Gasteiger partial charge on any atom is 0.150 e. The highest BCUT2D eigenvalue weighted by Gasteiger charge is 2.24. The van der Waals surface area contributed by atoms with E-state index in [4.69, 9.17) is 10.7 Å². The molecule has 0 saturated carbocycles. The number of nitrogens with two attached hydrogens (primary N) is 1. The predicted octanol–water partition coefficient (Wildman–Crippen LogP) is 1.72. The van der Waals surface area contributed by atoms with E-state index in [1.807, 2.05) is 31.2 Å². The van der Waals surface area contributed by atoms with Gasteiger partial charge >= 0.3 is 0 Å². The lowest BCUT2D eigenvalue weighted by Gasteiger charge is -2.19. The second kappa shape index (κ2) is 4.53. The Morgan fingerprint density at radius 2 is 2.00 bits per heavy atom. The molecule has 94 valence electrons. The Labute approximate surface area is 107 Å². The van der Waals surface area contributed by atoms with Crippen molar-refractivity contribution in [3.8, 4) is 0 Å². The Kier molecular flexibility index (Phi) is 2.88. The molecule has 0 radical (unpaired) electrons. The van der Waals surface area contributed by atoms with Gasteiger partial charge in [-0.2, -0.15) is 0 Å². The van der Waals surface area contributed by atoms with Gasteiger partial charge in [-0.15, -0.1) is 0 Å². The van der Waals surface area contributed by atoms with Crippen LogP contribution in [0.4, 0.5) is 5.82 Å². The van der Waals surface area contributed by atoms with Gasteiger partial charge in [0.05, 0.1) is 16.7 Å². The second-order valence-corrected chi connectivity index (χ2v) is 4.96. The van der Waals surface area contributed by atoms with Crippen LogP contribution in [0.25, 0.3) is 11.0 Å². The molecule has 3 rings (SSSR count). The number of rotatable bonds is 2. The fraction of sp³-hybridized carbons (Fsp3) is 0.429. The molecule has 2 aromatic rings. The normalized spacial score (nSPS) is 19.7. The molecule has 1 aromatic carbocycles. The summed E-state index contributed by atoms with van der Waals surface area (Å²) in [7, 11) is 0. The molecule has 4 heteroatoms. The van der Waals surface area contributed by atoms with E-state index in [-0.39, 0.29) is 0 Å². The van der Waals surface area contributed by atoms with Gasteiger partial charge in [-0.1, -0.05) is 12.1 Å². The van der Waals surface area contributed by atoms with Gasteiger partial charge in [0.15, 0.2) is 5.82 Å². The third kappa shape index (κ3) is 1.93. The number of benzene rings is 1. The molecule has 4 nitrogen and oxygen atoms in total. The van der Waals surface area contributed by atoms with Crippen LogP contribution in [0.15, 0.2) is 24.3 Å². The average molecular weight is 242 g/mol. The monoisotopic (exact) mass is 242 g/mol. The van der Waals surface area contributed by atoms with Gasteiger partial charge in [-0.25, -0.2) is 9.97 Å². The van der Waals surface area contributed by atoms with Crippen LogP contribution < -0.4 is 10.6 Å². The van der Waals surface area contributed by atoms with Crippen LogP contribution in [-0.4, -0.2) is 29.6 Å². The minimum atomic E-state index is 0.595. The van der Waals surface area contributed by atoms with Crippen molar-refractivity contribution in [1.29, 1.82) is 0 Å². The predicted molar refractivity (Wildman–Crippen MR) is 73.6 cm³/mol. The number of para-hydroxylation sites is 2. The first-order valence-corrected chi connectivity index (χ1v) is 6.46. The van der Waals surface area contributed by atoms with Gasteiger partial charge in [-0.3, -0.25) is 0 Å². The van der Waals surface area contributed by atoms with Crippen molar-refractivity contribution in [2.24, 2.45) is 11.7 Å². The summed E-state index contributed by atoms with van der Waals surface area (Å²) in [4.78, 5) is 11.7. The minimum absolute atomic E-state index is 0.595. The van der Waals surface area contributed by atoms with Crippen molar-refractivity contribution in [2.45, 2.75) is 13.3 Å². The molecule has 1 saturated heterocycles. The minimum Gasteiger partial charge on any atom is -0.355 e. The van der Waals surface area contributed by atoms with Crippen LogP contribution in [0, 0.1) is 12.8 Å². The zero-order valence-electron chi connectivity index (χ0n) is 10.6. The molecule has 1 fully saturated rings. The van der Waals surface area contributed by atoms with Crippen LogP contribution in [0.1, 0.15) is 12.1 Å². The summed E-state index contributed by atoms with van der Waals surface area (Å²) >= 11 is 0. The zero-order chi connectivity index (χ0) is 12.5. The maximum atomic E-state index is 5.74. The summed E-state index contributed by atoms with van der Waals surface area (Å²) in [6, 6.07) is 8.02. The smallest absolute Gasteiger partial charge is 0.150 e. The summed E-state index contributed by atoms with van der Waals surface area (Å²) in [5.74, 6) is 1.61. The third-order valence-electron chi connectivity index (χ3n) is 3.64. The molecule has 1 aliphatic heterocycles. The summed E-state index contributed by atoms with van der Waals surface area (Å²) in [5.41, 5.74) is 8.68. The molecule has 2 heterocycles. The lowest BCUT2D eigenvalue weighted by Crippen LogP contribution is -2.24. The van der Waals surface area contributed by atoms with Crippen molar-refractivity contribution in [2.75, 3.05) is 24.5 Å². The third-order valence-corrected chi connectivity index (χ3v) is 3.64. The standard InChI is InChI=1S/C14H18N4/c1-10-14(18-7-6-11(8-15)9-18)17-13-5-3-2-4-12(13)16-10/h2-5,11H,6-9,15H2,1H3. The van der Waals surface area contributed by atoms with Gasteiger partial charge < -0.3 is 10.6 Å². The van der Waals surface area contributed by atoms with Gasteiger partial charge in [0.25, 0.3) is 0 Å². The largest absolute Gasteiger partial charge is 0.355 e. The molecule has 1 aromatic heterocycles. The second-order valence-electron chi connectivity index (χ2n) is 4.96. The first-order chi connectivity index (χ1) is 8.78. The quantitative estimate of drug-likeness (QED) is 0.871. The zero-order valence-corrected chi connectivity index (χ0v) is 10.6. The van der Waals surface area contributed by atoms with E-state index in [0.717, 1.165) is 48.6 Å². The highest BCUT2D eigenvalue weighted by molar-refractivity contribution is 5.76. The molecule has 0 bridgehead atoms. The van der Waals surface area contributed by atoms with E-state index in [9.17, 15) is 0 Å². The molecule has 1 unspecified atom stereocenters. The number of nitrogens with zero attached hydrogens (tertiary/aromatic N) is 3. The highest BCUT2D eigenvalue weighted by atomic mass is 15.2. The molecular formula is C14H18N4. The van der Waals surface area contributed by atoms with E-state index in [2.05, 4.69) is 9.88 Å². The van der Waals surface area contributed by atoms with Crippen LogP contribution in [0.5, 0.6) is 0 Å². The van der Waals surface area contributed by atoms with Crippen molar-refractivity contribution in [3.63, 3.8) is 0 Å². The van der Waals surface area contributed by atoms with Gasteiger partial charge in [0.2, 0.25) is 0 Å². The number of aromatic nitrogens is 2. The van der Waals surface area contributed by atoms with E-state index in [1.165, 1.54) is 0 Å². The molecular weight excluding hydrogens is 224 g/mol. The van der Waals surface area contributed by atoms with Crippen LogP contribution in [0.2, 0.25) is 0 Å². The van der Waals surface area contributed by atoms with Crippen molar-refractivity contribution in [3.05, 3.63) is 30.0 Å². The summed E-state index contributed by atoms with van der Waals surface area (Å²) < 4.78 is 0. The van der Waals surface area contributed by atoms with E-state index >= 15 is 0 Å². The lowest BCUT2D eigenvalue weighted by atomic mass is 10.1. The van der Waals surface area contributed by atoms with Gasteiger partial charge in [0.1, 0.15) is 0 Å². The van der Waals surface area contributed by atoms with E-state index < -0.39 is 0 Å². The fourth-order valence-corrected chi connectivity index (χ4v) is 2.60. The molecule has 2 N–H and O–H groups in total. The van der Waals surface area contributed by atoms with Crippen LogP contribution >= 0.6 is 0 Å². The van der Waals surface area contributed by atoms with Crippen LogP contribution in [0.3, 0.4) is 0 Å². The number of fused-ring (bicyclic) bond motifs is 1. The van der Waals surface area contributed by atoms with Crippen molar-refractivity contribution < 1.29 is 0 Å². The number of hydrogen-bond acceptors (Lipinski definition) is 4. The van der Waals surface area contributed by atoms with Crippen LogP contribution in [-0.2, 0) is 0 Å². The van der Waals surface area contributed by atoms with Crippen molar-refractivity contribution in [1.82, 2.24) is 9.97 Å². The lowest BCUT2D eigenvalue weighted by molar-refractivity contribution is 0.602. The highest BCUT2D eigenvalue weighted by Crippen LogP contribution is 2.25. The topological polar surface area (TPSA) is 55.0 Å². The number of hydrogen-bond donors (Lipinski definition) is 1. The Morgan fingerprint density at radius 3 is 2.67 bits per heavy atom. The Morgan fingerprint density at radius 1 is 1.28 bits per heavy atom. The van der Waals surface area contributed by atoms with E-state index in [0.29, 0.717) is 5.92 Å². The summed E-state index contributed by atoms with van der Waals surface area (Å²) in [6.45, 7) is 4.83. The average Bonchev–Trinajstić information content (AvgIpc) is 2.86. The van der Waals surface area contributed by atoms with E-state index in [1.54, 1.807) is 0 Å². The SMILES string of the molecule is Cc1nc2ccccc2nc1N1CCC(CN)C1. The summed E-state index contributed by atoms with van der Waals surface area (Å²) in [6.07, 6.45) is 1.16.